The Hall–Kier alpha value is -4.88. The van der Waals surface area contributed by atoms with Gasteiger partial charge in [0.2, 0.25) is 17.7 Å². The number of hydrogen-bond donors (Lipinski definition) is 1. The van der Waals surface area contributed by atoms with Crippen LogP contribution >= 0.6 is 0 Å². The molecule has 3 amide bonds. The third-order valence-electron chi connectivity index (χ3n) is 10.7. The Labute approximate surface area is 297 Å². The Morgan fingerprint density at radius 2 is 1.84 bits per heavy atom. The number of rotatable bonds is 15. The van der Waals surface area contributed by atoms with Gasteiger partial charge in [-0.05, 0) is 50.8 Å². The van der Waals surface area contributed by atoms with E-state index in [-0.39, 0.29) is 25.5 Å². The molecular weight excluding hydrogens is 652 g/mol. The minimum atomic E-state index is -1.32. The average Bonchev–Trinajstić information content (AvgIpc) is 3.91. The van der Waals surface area contributed by atoms with Gasteiger partial charge in [-0.2, -0.15) is 0 Å². The van der Waals surface area contributed by atoms with Crippen LogP contribution in [0.15, 0.2) is 79.9 Å². The highest BCUT2D eigenvalue weighted by molar-refractivity contribution is 5.98. The smallest absolute Gasteiger partial charge is 0.313 e. The van der Waals surface area contributed by atoms with Crippen molar-refractivity contribution in [1.82, 2.24) is 29.7 Å². The Bertz CT molecular complexity index is 1800. The molecule has 4 heterocycles. The standard InChI is InChI=1S/C38H46N6O7/c1-6-8-18-30(46)41(5)25(4)33(26-14-10-9-11-15-26)50-37(49)31-29-19-20-38(51-29)32(31)35(47)44(24(3)22-45)34(38)36(48)42(21-7-2)23-43-28-17-13-12-16-27(28)39-40-43/h6-7,9-17,24-25,29,31-34,45H,1-2,8,18-23H2,3-5H3/t24-,25-,29-,31+,32+,33+,34-,38+/m1/s1. The third kappa shape index (κ3) is 6.33. The van der Waals surface area contributed by atoms with Crippen LogP contribution in [0.2, 0.25) is 0 Å². The Morgan fingerprint density at radius 3 is 2.55 bits per heavy atom. The van der Waals surface area contributed by atoms with Crippen LogP contribution in [-0.2, 0) is 35.3 Å². The molecule has 51 heavy (non-hydrogen) atoms. The summed E-state index contributed by atoms with van der Waals surface area (Å²) < 4.78 is 14.5. The van der Waals surface area contributed by atoms with Crippen LogP contribution in [0.5, 0.6) is 0 Å². The molecule has 3 fully saturated rings. The molecule has 2 bridgehead atoms. The number of para-hydroxylation sites is 1. The molecule has 13 heteroatoms. The van der Waals surface area contributed by atoms with Crippen molar-refractivity contribution >= 4 is 34.7 Å². The van der Waals surface area contributed by atoms with E-state index in [0.29, 0.717) is 30.3 Å². The first-order valence-electron chi connectivity index (χ1n) is 17.5. The summed E-state index contributed by atoms with van der Waals surface area (Å²) in [5.41, 5.74) is 0.779. The first-order chi connectivity index (χ1) is 24.6. The maximum absolute atomic E-state index is 14.7. The molecular formula is C38H46N6O7. The van der Waals surface area contributed by atoms with E-state index in [4.69, 9.17) is 9.47 Å². The summed E-state index contributed by atoms with van der Waals surface area (Å²) >= 11 is 0. The highest BCUT2D eigenvalue weighted by atomic mass is 16.6. The molecule has 0 unspecified atom stereocenters. The van der Waals surface area contributed by atoms with Crippen LogP contribution in [0.25, 0.3) is 11.0 Å². The second-order valence-corrected chi connectivity index (χ2v) is 13.7. The number of aromatic nitrogens is 3. The first kappa shape index (κ1) is 35.9. The lowest BCUT2D eigenvalue weighted by atomic mass is 9.70. The summed E-state index contributed by atoms with van der Waals surface area (Å²) in [5, 5.41) is 18.8. The average molecular weight is 699 g/mol. The van der Waals surface area contributed by atoms with Gasteiger partial charge in [0.1, 0.15) is 29.9 Å². The lowest BCUT2D eigenvalue weighted by Gasteiger charge is -2.38. The van der Waals surface area contributed by atoms with Crippen molar-refractivity contribution in [3.63, 3.8) is 0 Å². The zero-order chi connectivity index (χ0) is 36.4. The topological polar surface area (TPSA) is 147 Å². The number of amides is 3. The van der Waals surface area contributed by atoms with Crippen LogP contribution in [-0.4, -0.2) is 109 Å². The summed E-state index contributed by atoms with van der Waals surface area (Å²) in [6.45, 7) is 10.8. The number of benzene rings is 2. The second-order valence-electron chi connectivity index (χ2n) is 13.7. The van der Waals surface area contributed by atoms with E-state index >= 15 is 0 Å². The van der Waals surface area contributed by atoms with Gasteiger partial charge in [0.05, 0.1) is 42.1 Å². The number of ether oxygens (including phenoxy) is 2. The summed E-state index contributed by atoms with van der Waals surface area (Å²) in [5.74, 6) is -3.60. The Kier molecular flexibility index (Phi) is 10.4. The molecule has 0 saturated carbocycles. The van der Waals surface area contributed by atoms with Crippen molar-refractivity contribution < 1.29 is 33.8 Å². The van der Waals surface area contributed by atoms with Crippen LogP contribution < -0.4 is 0 Å². The minimum Gasteiger partial charge on any atom is -0.455 e. The number of aliphatic hydroxyl groups is 1. The van der Waals surface area contributed by atoms with Crippen LogP contribution in [0.1, 0.15) is 51.2 Å². The van der Waals surface area contributed by atoms with E-state index in [9.17, 15) is 24.3 Å². The summed E-state index contributed by atoms with van der Waals surface area (Å²) in [6.07, 6.45) is 3.38. The van der Waals surface area contributed by atoms with Crippen LogP contribution in [0.3, 0.4) is 0 Å². The summed E-state index contributed by atoms with van der Waals surface area (Å²) in [7, 11) is 1.68. The largest absolute Gasteiger partial charge is 0.455 e. The number of fused-ring (bicyclic) bond motifs is 2. The highest BCUT2D eigenvalue weighted by Gasteiger charge is 2.75. The molecule has 3 saturated heterocycles. The lowest BCUT2D eigenvalue weighted by Crippen LogP contribution is -2.58. The molecule has 270 valence electrons. The number of likely N-dealkylation sites (tertiary alicyclic amines) is 1. The molecule has 2 aromatic carbocycles. The zero-order valence-electron chi connectivity index (χ0n) is 29.3. The van der Waals surface area contributed by atoms with E-state index in [2.05, 4.69) is 23.5 Å². The number of aliphatic hydroxyl groups excluding tert-OH is 1. The third-order valence-corrected chi connectivity index (χ3v) is 10.7. The molecule has 0 radical (unpaired) electrons. The molecule has 8 atom stereocenters. The second kappa shape index (κ2) is 14.8. The first-order valence-corrected chi connectivity index (χ1v) is 17.5. The molecule has 1 N–H and O–H groups in total. The Balaban J connectivity index is 1.32. The fourth-order valence-electron chi connectivity index (χ4n) is 8.05. The number of carbonyl (C=O) groups is 4. The van der Waals surface area contributed by atoms with Gasteiger partial charge in [-0.3, -0.25) is 19.2 Å². The van der Waals surface area contributed by atoms with Crippen LogP contribution in [0, 0.1) is 11.8 Å². The van der Waals surface area contributed by atoms with Gasteiger partial charge >= 0.3 is 5.97 Å². The molecule has 6 rings (SSSR count). The van der Waals surface area contributed by atoms with Gasteiger partial charge < -0.3 is 29.3 Å². The predicted octanol–water partition coefficient (Wildman–Crippen LogP) is 3.26. The van der Waals surface area contributed by atoms with Crippen molar-refractivity contribution in [2.45, 2.75) is 82.1 Å². The number of hydrogen-bond acceptors (Lipinski definition) is 9. The van der Waals surface area contributed by atoms with E-state index in [1.54, 1.807) is 35.7 Å². The predicted molar refractivity (Wildman–Crippen MR) is 187 cm³/mol. The van der Waals surface area contributed by atoms with Crippen LogP contribution in [0.4, 0.5) is 0 Å². The maximum atomic E-state index is 14.7. The molecule has 3 aliphatic heterocycles. The molecule has 3 aliphatic rings. The SMILES string of the molecule is C=CCCC(=O)N(C)[C@H](C)[C@H](OC(=O)[C@@H]1[C@H]2C(=O)N([C@H](C)CO)[C@H](C(=O)N(CC=C)Cn3nnc4ccccc43)[C@]23CC[C@H]1O3)c1ccccc1. The molecule has 1 spiro atoms. The van der Waals surface area contributed by atoms with Crippen molar-refractivity contribution in [3.8, 4) is 0 Å². The van der Waals surface area contributed by atoms with Gasteiger partial charge in [-0.15, -0.1) is 18.3 Å². The monoisotopic (exact) mass is 698 g/mol. The number of esters is 1. The quantitative estimate of drug-likeness (QED) is 0.187. The van der Waals surface area contributed by atoms with Crippen molar-refractivity contribution in [3.05, 3.63) is 85.5 Å². The zero-order valence-corrected chi connectivity index (χ0v) is 29.3. The molecule has 1 aromatic heterocycles. The highest BCUT2D eigenvalue weighted by Crippen LogP contribution is 2.59. The molecule has 3 aromatic rings. The number of likely N-dealkylation sites (N-methyl/N-ethyl adjacent to an activating group) is 1. The maximum Gasteiger partial charge on any atom is 0.313 e. The van der Waals surface area contributed by atoms with E-state index < -0.39 is 72.2 Å². The van der Waals surface area contributed by atoms with Crippen molar-refractivity contribution in [2.75, 3.05) is 20.2 Å². The van der Waals surface area contributed by atoms with Gasteiger partial charge in [-0.1, -0.05) is 59.8 Å². The molecule has 0 aliphatic carbocycles. The van der Waals surface area contributed by atoms with E-state index in [1.165, 1.54) is 9.80 Å². The van der Waals surface area contributed by atoms with Gasteiger partial charge in [0, 0.05) is 20.0 Å². The minimum absolute atomic E-state index is 0.0305. The summed E-state index contributed by atoms with van der Waals surface area (Å²) in [4.78, 5) is 61.2. The van der Waals surface area contributed by atoms with Crippen molar-refractivity contribution in [2.24, 2.45) is 11.8 Å². The summed E-state index contributed by atoms with van der Waals surface area (Å²) in [6, 6.07) is 14.2. The van der Waals surface area contributed by atoms with Gasteiger partial charge in [0.15, 0.2) is 0 Å². The van der Waals surface area contributed by atoms with E-state index in [1.807, 2.05) is 61.5 Å². The van der Waals surface area contributed by atoms with Gasteiger partial charge in [0.25, 0.3) is 0 Å². The number of nitrogens with zero attached hydrogens (tertiary/aromatic N) is 6. The number of allylic oxidation sites excluding steroid dienone is 1. The fraction of sp³-hybridized carbons (Fsp3) is 0.474. The Morgan fingerprint density at radius 1 is 1.12 bits per heavy atom. The van der Waals surface area contributed by atoms with Gasteiger partial charge in [-0.25, -0.2) is 4.68 Å². The molecule has 13 nitrogen and oxygen atoms in total. The number of carbonyl (C=O) groups excluding carboxylic acids is 4. The lowest BCUT2D eigenvalue weighted by molar-refractivity contribution is -0.165. The fourth-order valence-corrected chi connectivity index (χ4v) is 8.05. The van der Waals surface area contributed by atoms with Crippen molar-refractivity contribution in [1.29, 1.82) is 0 Å². The normalized spacial score (nSPS) is 25.3. The van der Waals surface area contributed by atoms with E-state index in [0.717, 1.165) is 5.52 Å².